The Morgan fingerprint density at radius 1 is 1.06 bits per heavy atom. The van der Waals surface area contributed by atoms with E-state index in [1.165, 1.54) is 32.8 Å². The highest BCUT2D eigenvalue weighted by Gasteiger charge is 2.27. The topological polar surface area (TPSA) is 46.9 Å². The van der Waals surface area contributed by atoms with Gasteiger partial charge < -0.3 is 5.32 Å². The second kappa shape index (κ2) is 8.16. The Balaban J connectivity index is 1.35. The van der Waals surface area contributed by atoms with E-state index in [2.05, 4.69) is 66.3 Å². The van der Waals surface area contributed by atoms with E-state index in [1.54, 1.807) is 11.3 Å². The number of aromatic nitrogens is 2. The molecule has 0 bridgehead atoms. The highest BCUT2D eigenvalue weighted by atomic mass is 32.1. The van der Waals surface area contributed by atoms with Gasteiger partial charge in [-0.2, -0.15) is 5.10 Å². The molecule has 0 radical (unpaired) electrons. The average molecular weight is 428 g/mol. The van der Waals surface area contributed by atoms with E-state index in [-0.39, 0.29) is 5.91 Å². The number of nitrogens with one attached hydrogen (secondary N) is 1. The molecular formula is C26H25N3OS. The van der Waals surface area contributed by atoms with Crippen LogP contribution >= 0.6 is 11.3 Å². The lowest BCUT2D eigenvalue weighted by Crippen LogP contribution is -2.24. The van der Waals surface area contributed by atoms with Crippen LogP contribution in [0.4, 0.5) is 0 Å². The maximum atomic E-state index is 12.8. The van der Waals surface area contributed by atoms with Gasteiger partial charge in [-0.25, -0.2) is 4.68 Å². The predicted octanol–water partition coefficient (Wildman–Crippen LogP) is 5.29. The number of hydrogen-bond acceptors (Lipinski definition) is 3. The molecule has 5 rings (SSSR count). The molecule has 2 aromatic heterocycles. The van der Waals surface area contributed by atoms with Gasteiger partial charge in [0.2, 0.25) is 0 Å². The number of nitrogens with zero attached hydrogens (tertiary/aromatic N) is 2. The minimum Gasteiger partial charge on any atom is -0.351 e. The molecule has 0 unspecified atom stereocenters. The van der Waals surface area contributed by atoms with Gasteiger partial charge >= 0.3 is 0 Å². The molecule has 0 spiro atoms. The molecule has 0 fully saturated rings. The number of para-hydroxylation sites is 1. The van der Waals surface area contributed by atoms with Gasteiger partial charge in [-0.15, -0.1) is 11.3 Å². The van der Waals surface area contributed by atoms with Gasteiger partial charge in [-0.05, 0) is 62.4 Å². The van der Waals surface area contributed by atoms with Crippen LogP contribution in [0.15, 0.2) is 60.7 Å². The minimum absolute atomic E-state index is 0.0150. The van der Waals surface area contributed by atoms with E-state index in [9.17, 15) is 4.79 Å². The van der Waals surface area contributed by atoms with Crippen molar-refractivity contribution in [1.29, 1.82) is 0 Å². The van der Waals surface area contributed by atoms with Crippen LogP contribution in [0.5, 0.6) is 0 Å². The van der Waals surface area contributed by atoms with Crippen LogP contribution in [0, 0.1) is 13.8 Å². The van der Waals surface area contributed by atoms with Crippen molar-refractivity contribution in [1.82, 2.24) is 15.1 Å². The SMILES string of the molecule is Cc1ccc(CCNC(=O)c2cc3c(s2)-c2c(C)nn(-c4ccccc4)c2CC3)cc1. The summed E-state index contributed by atoms with van der Waals surface area (Å²) in [7, 11) is 0. The Kier molecular flexibility index (Phi) is 5.20. The standard InChI is InChI=1S/C26H25N3OS/c1-17-8-10-19(11-9-17)14-15-27-26(30)23-16-20-12-13-22-24(25(20)31-23)18(2)28-29(22)21-6-4-3-5-7-21/h3-11,16H,12-15H2,1-2H3,(H,27,30). The second-order valence-corrected chi connectivity index (χ2v) is 9.16. The van der Waals surface area contributed by atoms with Crippen LogP contribution in [0.2, 0.25) is 0 Å². The molecule has 1 aliphatic carbocycles. The van der Waals surface area contributed by atoms with Gasteiger partial charge in [0.25, 0.3) is 5.91 Å². The third kappa shape index (κ3) is 3.81. The van der Waals surface area contributed by atoms with Crippen molar-refractivity contribution < 1.29 is 4.79 Å². The zero-order chi connectivity index (χ0) is 21.4. The smallest absolute Gasteiger partial charge is 0.261 e. The molecule has 0 saturated heterocycles. The highest BCUT2D eigenvalue weighted by molar-refractivity contribution is 7.17. The summed E-state index contributed by atoms with van der Waals surface area (Å²) < 4.78 is 2.06. The molecule has 4 aromatic rings. The number of aryl methyl sites for hydroxylation is 3. The zero-order valence-corrected chi connectivity index (χ0v) is 18.6. The van der Waals surface area contributed by atoms with Gasteiger partial charge in [-0.1, -0.05) is 48.0 Å². The van der Waals surface area contributed by atoms with Crippen LogP contribution in [0.25, 0.3) is 16.1 Å². The van der Waals surface area contributed by atoms with Crippen molar-refractivity contribution in [2.24, 2.45) is 0 Å². The molecule has 1 amide bonds. The summed E-state index contributed by atoms with van der Waals surface area (Å²) in [5.74, 6) is 0.0150. The third-order valence-electron chi connectivity index (χ3n) is 5.87. The number of thiophene rings is 1. The molecule has 1 aliphatic rings. The summed E-state index contributed by atoms with van der Waals surface area (Å²) in [6.45, 7) is 4.79. The van der Waals surface area contributed by atoms with Crippen molar-refractivity contribution in [3.63, 3.8) is 0 Å². The monoisotopic (exact) mass is 427 g/mol. The Labute approximate surface area is 186 Å². The number of amides is 1. The number of fused-ring (bicyclic) bond motifs is 3. The fourth-order valence-corrected chi connectivity index (χ4v) is 5.48. The minimum atomic E-state index is 0.0150. The number of carbonyl (C=O) groups excluding carboxylic acids is 1. The summed E-state index contributed by atoms with van der Waals surface area (Å²) in [6.07, 6.45) is 2.71. The maximum Gasteiger partial charge on any atom is 0.261 e. The molecular weight excluding hydrogens is 402 g/mol. The van der Waals surface area contributed by atoms with Gasteiger partial charge in [0.05, 0.1) is 22.0 Å². The van der Waals surface area contributed by atoms with Crippen LogP contribution in [-0.2, 0) is 19.3 Å². The van der Waals surface area contributed by atoms with Crippen molar-refractivity contribution in [3.8, 4) is 16.1 Å². The summed E-state index contributed by atoms with van der Waals surface area (Å²) >= 11 is 1.59. The first-order chi connectivity index (χ1) is 15.1. The molecule has 5 heteroatoms. The molecule has 0 saturated carbocycles. The molecule has 2 aromatic carbocycles. The van der Waals surface area contributed by atoms with Crippen LogP contribution in [-0.4, -0.2) is 22.2 Å². The lowest BCUT2D eigenvalue weighted by atomic mass is 9.95. The van der Waals surface area contributed by atoms with Gasteiger partial charge in [-0.3, -0.25) is 4.79 Å². The highest BCUT2D eigenvalue weighted by Crippen LogP contribution is 2.42. The Morgan fingerprint density at radius 2 is 1.84 bits per heavy atom. The molecule has 4 nitrogen and oxygen atoms in total. The fraction of sp³-hybridized carbons (Fsp3) is 0.231. The first-order valence-electron chi connectivity index (χ1n) is 10.7. The van der Waals surface area contributed by atoms with Crippen LogP contribution < -0.4 is 5.32 Å². The van der Waals surface area contributed by atoms with Gasteiger partial charge in [0.1, 0.15) is 0 Å². The van der Waals surface area contributed by atoms with E-state index in [1.807, 2.05) is 18.2 Å². The Morgan fingerprint density at radius 3 is 2.61 bits per heavy atom. The lowest BCUT2D eigenvalue weighted by molar-refractivity contribution is 0.0958. The van der Waals surface area contributed by atoms with Crippen molar-refractivity contribution in [2.45, 2.75) is 33.1 Å². The molecule has 2 heterocycles. The van der Waals surface area contributed by atoms with E-state index in [4.69, 9.17) is 5.10 Å². The lowest BCUT2D eigenvalue weighted by Gasteiger charge is -2.14. The van der Waals surface area contributed by atoms with E-state index in [0.29, 0.717) is 6.54 Å². The summed E-state index contributed by atoms with van der Waals surface area (Å²) in [4.78, 5) is 14.8. The normalized spacial score (nSPS) is 12.3. The van der Waals surface area contributed by atoms with Crippen molar-refractivity contribution in [3.05, 3.63) is 93.6 Å². The van der Waals surface area contributed by atoms with Crippen LogP contribution in [0.1, 0.15) is 37.7 Å². The summed E-state index contributed by atoms with van der Waals surface area (Å²) in [5, 5.41) is 7.92. The van der Waals surface area contributed by atoms with E-state index < -0.39 is 0 Å². The number of rotatable bonds is 5. The largest absolute Gasteiger partial charge is 0.351 e. The zero-order valence-electron chi connectivity index (χ0n) is 17.8. The first kappa shape index (κ1) is 19.8. The molecule has 1 N–H and O–H groups in total. The van der Waals surface area contributed by atoms with E-state index in [0.717, 1.165) is 35.5 Å². The van der Waals surface area contributed by atoms with Gasteiger partial charge in [0, 0.05) is 17.0 Å². The van der Waals surface area contributed by atoms with E-state index >= 15 is 0 Å². The average Bonchev–Trinajstić information content (AvgIpc) is 3.37. The molecule has 31 heavy (non-hydrogen) atoms. The third-order valence-corrected chi connectivity index (χ3v) is 7.06. The second-order valence-electron chi connectivity index (χ2n) is 8.11. The summed E-state index contributed by atoms with van der Waals surface area (Å²) in [6, 6.07) is 20.8. The Bertz CT molecular complexity index is 1240. The predicted molar refractivity (Wildman–Crippen MR) is 126 cm³/mol. The van der Waals surface area contributed by atoms with Crippen molar-refractivity contribution >= 4 is 17.2 Å². The number of hydrogen-bond donors (Lipinski definition) is 1. The van der Waals surface area contributed by atoms with Crippen LogP contribution in [0.3, 0.4) is 0 Å². The maximum absolute atomic E-state index is 12.8. The number of carbonyl (C=O) groups is 1. The number of benzene rings is 2. The summed E-state index contributed by atoms with van der Waals surface area (Å²) in [5.41, 5.74) is 8.30. The fourth-order valence-electron chi connectivity index (χ4n) is 4.24. The first-order valence-corrected chi connectivity index (χ1v) is 11.5. The molecule has 156 valence electrons. The van der Waals surface area contributed by atoms with Gasteiger partial charge in [0.15, 0.2) is 0 Å². The quantitative estimate of drug-likeness (QED) is 0.470. The Hall–Kier alpha value is -3.18. The molecule has 0 aliphatic heterocycles. The van der Waals surface area contributed by atoms with Crippen molar-refractivity contribution in [2.75, 3.05) is 6.54 Å². The molecule has 0 atom stereocenters.